The van der Waals surface area contributed by atoms with Crippen LogP contribution in [0.5, 0.6) is 0 Å². The Kier molecular flexibility index (Phi) is 3.67. The lowest BCUT2D eigenvalue weighted by Crippen LogP contribution is -2.42. The second kappa shape index (κ2) is 4.62. The predicted octanol–water partition coefficient (Wildman–Crippen LogP) is -1.09. The van der Waals surface area contributed by atoms with Crippen molar-refractivity contribution in [1.82, 2.24) is 5.32 Å². The van der Waals surface area contributed by atoms with Crippen LogP contribution in [0.2, 0.25) is 0 Å². The van der Waals surface area contributed by atoms with Gasteiger partial charge in [-0.05, 0) is 0 Å². The molecule has 0 saturated carbocycles. The molecule has 0 aromatic rings. The highest BCUT2D eigenvalue weighted by molar-refractivity contribution is 4.58. The Morgan fingerprint density at radius 3 is 3.00 bits per heavy atom. The molecule has 60 valence electrons. The van der Waals surface area contributed by atoms with E-state index < -0.39 is 0 Å². The number of rotatable bonds is 3. The zero-order valence-electron chi connectivity index (χ0n) is 6.01. The molecule has 1 saturated heterocycles. The molecule has 1 aliphatic rings. The standard InChI is InChI=1S/C6H14N2O2/c7-1-2-8-6-5-9-3-4-10-6/h6,8H,1-5,7H2. The molecule has 1 aliphatic heterocycles. The van der Waals surface area contributed by atoms with E-state index in [-0.39, 0.29) is 6.23 Å². The van der Waals surface area contributed by atoms with Crippen molar-refractivity contribution in [3.63, 3.8) is 0 Å². The zero-order valence-corrected chi connectivity index (χ0v) is 6.01. The number of hydrogen-bond acceptors (Lipinski definition) is 4. The minimum atomic E-state index is 0.0531. The van der Waals surface area contributed by atoms with Crippen molar-refractivity contribution in [2.45, 2.75) is 6.23 Å². The van der Waals surface area contributed by atoms with Gasteiger partial charge in [0.1, 0.15) is 6.23 Å². The Morgan fingerprint density at radius 2 is 2.40 bits per heavy atom. The Bertz CT molecular complexity index is 83.8. The third-order valence-corrected chi connectivity index (χ3v) is 1.33. The van der Waals surface area contributed by atoms with Crippen LogP contribution in [0.15, 0.2) is 0 Å². The van der Waals surface area contributed by atoms with Crippen LogP contribution in [0.4, 0.5) is 0 Å². The molecule has 0 aromatic heterocycles. The molecule has 3 N–H and O–H groups in total. The summed E-state index contributed by atoms with van der Waals surface area (Å²) in [7, 11) is 0. The summed E-state index contributed by atoms with van der Waals surface area (Å²) < 4.78 is 10.4. The number of nitrogens with one attached hydrogen (secondary N) is 1. The Balaban J connectivity index is 2.02. The van der Waals surface area contributed by atoms with E-state index in [0.717, 1.165) is 6.54 Å². The Hall–Kier alpha value is -0.160. The first-order valence-electron chi connectivity index (χ1n) is 3.56. The molecular formula is C6H14N2O2. The van der Waals surface area contributed by atoms with Crippen LogP contribution in [-0.4, -0.2) is 39.1 Å². The van der Waals surface area contributed by atoms with Crippen LogP contribution in [-0.2, 0) is 9.47 Å². The number of ether oxygens (including phenoxy) is 2. The fraction of sp³-hybridized carbons (Fsp3) is 1.00. The molecule has 4 nitrogen and oxygen atoms in total. The van der Waals surface area contributed by atoms with Crippen molar-refractivity contribution in [3.05, 3.63) is 0 Å². The summed E-state index contributed by atoms with van der Waals surface area (Å²) >= 11 is 0. The summed E-state index contributed by atoms with van der Waals surface area (Å²) in [6.07, 6.45) is 0.0531. The van der Waals surface area contributed by atoms with Gasteiger partial charge in [0.05, 0.1) is 19.8 Å². The van der Waals surface area contributed by atoms with Gasteiger partial charge in [-0.25, -0.2) is 0 Å². The predicted molar refractivity (Wildman–Crippen MR) is 37.6 cm³/mol. The van der Waals surface area contributed by atoms with Crippen molar-refractivity contribution in [2.75, 3.05) is 32.9 Å². The molecule has 4 heteroatoms. The van der Waals surface area contributed by atoms with Crippen LogP contribution in [0, 0.1) is 0 Å². The highest BCUT2D eigenvalue weighted by Crippen LogP contribution is 1.95. The molecule has 0 aliphatic carbocycles. The van der Waals surface area contributed by atoms with Crippen LogP contribution < -0.4 is 11.1 Å². The van der Waals surface area contributed by atoms with E-state index in [1.165, 1.54) is 0 Å². The molecule has 0 bridgehead atoms. The molecule has 0 spiro atoms. The summed E-state index contributed by atoms with van der Waals surface area (Å²) in [5.74, 6) is 0. The van der Waals surface area contributed by atoms with Crippen molar-refractivity contribution in [1.29, 1.82) is 0 Å². The number of hydrogen-bond donors (Lipinski definition) is 2. The Labute approximate surface area is 60.7 Å². The second-order valence-electron chi connectivity index (χ2n) is 2.18. The van der Waals surface area contributed by atoms with Gasteiger partial charge in [-0.2, -0.15) is 0 Å². The molecule has 0 aromatic carbocycles. The zero-order chi connectivity index (χ0) is 7.23. The van der Waals surface area contributed by atoms with E-state index in [0.29, 0.717) is 26.4 Å². The van der Waals surface area contributed by atoms with E-state index >= 15 is 0 Å². The van der Waals surface area contributed by atoms with E-state index in [1.807, 2.05) is 0 Å². The van der Waals surface area contributed by atoms with Gasteiger partial charge in [-0.3, -0.25) is 5.32 Å². The molecule has 10 heavy (non-hydrogen) atoms. The molecule has 0 radical (unpaired) electrons. The molecule has 1 heterocycles. The van der Waals surface area contributed by atoms with Crippen molar-refractivity contribution < 1.29 is 9.47 Å². The quantitative estimate of drug-likeness (QED) is 0.531. The van der Waals surface area contributed by atoms with Gasteiger partial charge in [-0.15, -0.1) is 0 Å². The SMILES string of the molecule is NCCNC1COCCO1. The third kappa shape index (κ3) is 2.62. The lowest BCUT2D eigenvalue weighted by Gasteiger charge is -2.23. The highest BCUT2D eigenvalue weighted by Gasteiger charge is 2.11. The minimum absolute atomic E-state index is 0.0531. The molecule has 1 atom stereocenters. The monoisotopic (exact) mass is 146 g/mol. The van der Waals surface area contributed by atoms with Gasteiger partial charge in [0.15, 0.2) is 0 Å². The van der Waals surface area contributed by atoms with Crippen LogP contribution in [0.3, 0.4) is 0 Å². The van der Waals surface area contributed by atoms with Crippen LogP contribution in [0.1, 0.15) is 0 Å². The number of nitrogens with two attached hydrogens (primary N) is 1. The molecular weight excluding hydrogens is 132 g/mol. The van der Waals surface area contributed by atoms with Gasteiger partial charge in [0, 0.05) is 13.1 Å². The maximum absolute atomic E-state index is 5.29. The topological polar surface area (TPSA) is 56.5 Å². The lowest BCUT2D eigenvalue weighted by atomic mass is 10.5. The van der Waals surface area contributed by atoms with E-state index in [9.17, 15) is 0 Å². The Morgan fingerprint density at radius 1 is 1.50 bits per heavy atom. The highest BCUT2D eigenvalue weighted by atomic mass is 16.6. The maximum Gasteiger partial charge on any atom is 0.131 e. The molecule has 1 fully saturated rings. The lowest BCUT2D eigenvalue weighted by molar-refractivity contribution is -0.101. The van der Waals surface area contributed by atoms with Gasteiger partial charge in [0.2, 0.25) is 0 Å². The average molecular weight is 146 g/mol. The van der Waals surface area contributed by atoms with E-state index in [4.69, 9.17) is 15.2 Å². The van der Waals surface area contributed by atoms with Gasteiger partial charge in [-0.1, -0.05) is 0 Å². The van der Waals surface area contributed by atoms with Gasteiger partial charge in [0.25, 0.3) is 0 Å². The molecule has 0 amide bonds. The van der Waals surface area contributed by atoms with Gasteiger partial charge < -0.3 is 15.2 Å². The average Bonchev–Trinajstić information content (AvgIpc) is 2.03. The largest absolute Gasteiger partial charge is 0.375 e. The smallest absolute Gasteiger partial charge is 0.131 e. The first-order chi connectivity index (χ1) is 4.93. The van der Waals surface area contributed by atoms with Crippen molar-refractivity contribution in [3.8, 4) is 0 Å². The third-order valence-electron chi connectivity index (χ3n) is 1.33. The second-order valence-corrected chi connectivity index (χ2v) is 2.18. The molecule has 1 unspecified atom stereocenters. The summed E-state index contributed by atoms with van der Waals surface area (Å²) in [5, 5.41) is 3.10. The summed E-state index contributed by atoms with van der Waals surface area (Å²) in [6, 6.07) is 0. The fourth-order valence-electron chi connectivity index (χ4n) is 0.850. The normalized spacial score (nSPS) is 26.7. The molecule has 1 rings (SSSR count). The van der Waals surface area contributed by atoms with Crippen molar-refractivity contribution in [2.24, 2.45) is 5.73 Å². The maximum atomic E-state index is 5.29. The van der Waals surface area contributed by atoms with Crippen molar-refractivity contribution >= 4 is 0 Å². The minimum Gasteiger partial charge on any atom is -0.375 e. The first kappa shape index (κ1) is 7.94. The fourth-order valence-corrected chi connectivity index (χ4v) is 0.850. The van der Waals surface area contributed by atoms with Gasteiger partial charge >= 0.3 is 0 Å². The first-order valence-corrected chi connectivity index (χ1v) is 3.56. The van der Waals surface area contributed by atoms with Crippen LogP contribution >= 0.6 is 0 Å². The summed E-state index contributed by atoms with van der Waals surface area (Å²) in [4.78, 5) is 0. The van der Waals surface area contributed by atoms with Crippen LogP contribution in [0.25, 0.3) is 0 Å². The van der Waals surface area contributed by atoms with E-state index in [2.05, 4.69) is 5.32 Å². The van der Waals surface area contributed by atoms with E-state index in [1.54, 1.807) is 0 Å². The summed E-state index contributed by atoms with van der Waals surface area (Å²) in [5.41, 5.74) is 5.29. The summed E-state index contributed by atoms with van der Waals surface area (Å²) in [6.45, 7) is 3.46.